The molecule has 2 N–H and O–H groups in total. The molecule has 0 radical (unpaired) electrons. The Morgan fingerprint density at radius 1 is 1.27 bits per heavy atom. The maximum absolute atomic E-state index is 13.0. The second-order valence-electron chi connectivity index (χ2n) is 2.89. The van der Waals surface area contributed by atoms with Crippen molar-refractivity contribution < 1.29 is 4.39 Å². The van der Waals surface area contributed by atoms with Gasteiger partial charge in [-0.05, 0) is 44.0 Å². The van der Waals surface area contributed by atoms with Crippen molar-refractivity contribution in [3.63, 3.8) is 0 Å². The number of aromatic nitrogens is 2. The molecule has 2 rings (SSSR count). The largest absolute Gasteiger partial charge is 0.384 e. The molecule has 0 amide bonds. The normalized spacial score (nSPS) is 10.6. The average molecular weight is 335 g/mol. The molecule has 0 aliphatic heterocycles. The molecule has 0 fully saturated rings. The van der Waals surface area contributed by atoms with Gasteiger partial charge in [-0.1, -0.05) is 0 Å². The quantitative estimate of drug-likeness (QED) is 0.870. The van der Waals surface area contributed by atoms with Crippen molar-refractivity contribution in [3.05, 3.63) is 39.2 Å². The Morgan fingerprint density at radius 2 is 1.87 bits per heavy atom. The van der Waals surface area contributed by atoms with E-state index in [1.54, 1.807) is 12.3 Å². The summed E-state index contributed by atoms with van der Waals surface area (Å²) < 4.78 is 15.7. The fourth-order valence-corrected chi connectivity index (χ4v) is 2.70. The molecule has 1 heterocycles. The van der Waals surface area contributed by atoms with Crippen LogP contribution in [0.5, 0.6) is 0 Å². The summed E-state index contributed by atoms with van der Waals surface area (Å²) >= 11 is 6.53. The van der Waals surface area contributed by atoms with E-state index in [4.69, 9.17) is 5.73 Å². The van der Waals surface area contributed by atoms with Crippen molar-refractivity contribution in [2.24, 2.45) is 0 Å². The number of nitrogens with two attached hydrogens (primary N) is 1. The molecule has 6 heteroatoms. The van der Waals surface area contributed by atoms with Gasteiger partial charge in [0.2, 0.25) is 0 Å². The summed E-state index contributed by atoms with van der Waals surface area (Å²) in [4.78, 5) is 0. The van der Waals surface area contributed by atoms with Crippen LogP contribution in [0.1, 0.15) is 0 Å². The first kappa shape index (κ1) is 10.6. The molecule has 0 atom stereocenters. The van der Waals surface area contributed by atoms with Gasteiger partial charge in [-0.15, -0.1) is 0 Å². The first-order valence-electron chi connectivity index (χ1n) is 4.04. The number of anilines is 1. The maximum Gasteiger partial charge on any atom is 0.127 e. The summed E-state index contributed by atoms with van der Waals surface area (Å²) in [5.74, 6) is 0.159. The van der Waals surface area contributed by atoms with Gasteiger partial charge in [0.05, 0.1) is 11.9 Å². The van der Waals surface area contributed by atoms with E-state index in [2.05, 4.69) is 37.0 Å². The lowest BCUT2D eigenvalue weighted by atomic mass is 10.3. The van der Waals surface area contributed by atoms with E-state index >= 15 is 0 Å². The van der Waals surface area contributed by atoms with Crippen LogP contribution in [-0.2, 0) is 0 Å². The van der Waals surface area contributed by atoms with Crippen molar-refractivity contribution in [2.75, 3.05) is 5.73 Å². The van der Waals surface area contributed by atoms with E-state index in [1.165, 1.54) is 16.8 Å². The minimum Gasteiger partial charge on any atom is -0.384 e. The molecule has 0 aliphatic rings. The topological polar surface area (TPSA) is 43.8 Å². The Hall–Kier alpha value is -0.880. The molecule has 1 aromatic heterocycles. The molecule has 3 nitrogen and oxygen atoms in total. The van der Waals surface area contributed by atoms with Crippen LogP contribution >= 0.6 is 31.9 Å². The van der Waals surface area contributed by atoms with Gasteiger partial charge in [0, 0.05) is 15.0 Å². The van der Waals surface area contributed by atoms with Gasteiger partial charge in [0.25, 0.3) is 0 Å². The minimum absolute atomic E-state index is 0.330. The minimum atomic E-state index is -0.330. The molecule has 78 valence electrons. The summed E-state index contributed by atoms with van der Waals surface area (Å²) in [6.45, 7) is 0. The molecule has 0 unspecified atom stereocenters. The van der Waals surface area contributed by atoms with E-state index in [0.717, 1.165) is 0 Å². The van der Waals surface area contributed by atoms with Crippen LogP contribution in [0.25, 0.3) is 5.69 Å². The Labute approximate surface area is 102 Å². The molecule has 15 heavy (non-hydrogen) atoms. The zero-order chi connectivity index (χ0) is 11.0. The summed E-state index contributed by atoms with van der Waals surface area (Å²) in [6.07, 6.45) is 1.58. The van der Waals surface area contributed by atoms with E-state index < -0.39 is 0 Å². The Kier molecular flexibility index (Phi) is 2.79. The molecule has 0 saturated heterocycles. The second kappa shape index (κ2) is 3.94. The summed E-state index contributed by atoms with van der Waals surface area (Å²) in [5.41, 5.74) is 6.39. The number of benzene rings is 1. The summed E-state index contributed by atoms with van der Waals surface area (Å²) in [7, 11) is 0. The maximum atomic E-state index is 13.0. The smallest absolute Gasteiger partial charge is 0.127 e. The lowest BCUT2D eigenvalue weighted by Crippen LogP contribution is -2.03. The molecule has 0 saturated carbocycles. The highest BCUT2D eigenvalue weighted by atomic mass is 79.9. The number of nitrogens with zero attached hydrogens (tertiary/aromatic N) is 2. The third-order valence-electron chi connectivity index (χ3n) is 1.87. The van der Waals surface area contributed by atoms with Gasteiger partial charge in [-0.2, -0.15) is 5.10 Å². The monoisotopic (exact) mass is 333 g/mol. The van der Waals surface area contributed by atoms with Crippen LogP contribution in [0.15, 0.2) is 33.3 Å². The number of nitrogen functional groups attached to an aromatic ring is 1. The van der Waals surface area contributed by atoms with Crippen LogP contribution in [0, 0.1) is 5.82 Å². The first-order chi connectivity index (χ1) is 7.09. The Bertz CT molecular complexity index is 487. The highest BCUT2D eigenvalue weighted by Gasteiger charge is 2.12. The van der Waals surface area contributed by atoms with Crippen molar-refractivity contribution in [1.29, 1.82) is 0 Å². The standard InChI is InChI=1S/C9H6Br2FN3/c10-6-3-5(12)4-7(11)9(6)15-8(13)1-2-14-15/h1-4H,13H2. The molecule has 0 aliphatic carbocycles. The Morgan fingerprint density at radius 3 is 2.33 bits per heavy atom. The zero-order valence-electron chi connectivity index (χ0n) is 7.42. The fourth-order valence-electron chi connectivity index (χ4n) is 1.24. The van der Waals surface area contributed by atoms with Crippen LogP contribution < -0.4 is 5.73 Å². The third-order valence-corrected chi connectivity index (χ3v) is 3.07. The number of hydrogen-bond acceptors (Lipinski definition) is 2. The highest BCUT2D eigenvalue weighted by molar-refractivity contribution is 9.11. The van der Waals surface area contributed by atoms with Crippen molar-refractivity contribution >= 4 is 37.7 Å². The van der Waals surface area contributed by atoms with Gasteiger partial charge in [-0.25, -0.2) is 9.07 Å². The molecular weight excluding hydrogens is 329 g/mol. The van der Waals surface area contributed by atoms with Gasteiger partial charge in [0.1, 0.15) is 11.6 Å². The SMILES string of the molecule is Nc1ccnn1-c1c(Br)cc(F)cc1Br. The summed E-state index contributed by atoms with van der Waals surface area (Å²) in [6, 6.07) is 4.39. The average Bonchev–Trinajstić information content (AvgIpc) is 2.50. The fraction of sp³-hybridized carbons (Fsp3) is 0. The summed E-state index contributed by atoms with van der Waals surface area (Å²) in [5, 5.41) is 4.05. The van der Waals surface area contributed by atoms with Crippen LogP contribution in [0.2, 0.25) is 0 Å². The lowest BCUT2D eigenvalue weighted by molar-refractivity contribution is 0.625. The molecule has 0 spiro atoms. The first-order valence-corrected chi connectivity index (χ1v) is 5.62. The number of halogens is 3. The van der Waals surface area contributed by atoms with E-state index in [0.29, 0.717) is 20.5 Å². The third kappa shape index (κ3) is 1.91. The molecule has 0 bridgehead atoms. The van der Waals surface area contributed by atoms with Gasteiger partial charge >= 0.3 is 0 Å². The van der Waals surface area contributed by atoms with Gasteiger partial charge in [0.15, 0.2) is 0 Å². The van der Waals surface area contributed by atoms with Crippen LogP contribution in [-0.4, -0.2) is 9.78 Å². The van der Waals surface area contributed by atoms with Crippen molar-refractivity contribution in [1.82, 2.24) is 9.78 Å². The van der Waals surface area contributed by atoms with Gasteiger partial charge in [-0.3, -0.25) is 0 Å². The van der Waals surface area contributed by atoms with Crippen LogP contribution in [0.4, 0.5) is 10.2 Å². The molecular formula is C9H6Br2FN3. The van der Waals surface area contributed by atoms with E-state index in [9.17, 15) is 4.39 Å². The Balaban J connectivity index is 2.68. The highest BCUT2D eigenvalue weighted by Crippen LogP contribution is 2.31. The molecule has 2 aromatic rings. The zero-order valence-corrected chi connectivity index (χ0v) is 10.6. The number of hydrogen-bond donors (Lipinski definition) is 1. The van der Waals surface area contributed by atoms with E-state index in [1.807, 2.05) is 0 Å². The van der Waals surface area contributed by atoms with Gasteiger partial charge < -0.3 is 5.73 Å². The lowest BCUT2D eigenvalue weighted by Gasteiger charge is -2.09. The predicted octanol–water partition coefficient (Wildman–Crippen LogP) is 3.12. The predicted molar refractivity (Wildman–Crippen MR) is 63.3 cm³/mol. The second-order valence-corrected chi connectivity index (χ2v) is 4.59. The number of rotatable bonds is 1. The van der Waals surface area contributed by atoms with Crippen LogP contribution in [0.3, 0.4) is 0 Å². The molecule has 1 aromatic carbocycles. The van der Waals surface area contributed by atoms with Crippen molar-refractivity contribution in [3.8, 4) is 5.69 Å². The van der Waals surface area contributed by atoms with Crippen molar-refractivity contribution in [2.45, 2.75) is 0 Å². The van der Waals surface area contributed by atoms with E-state index in [-0.39, 0.29) is 5.82 Å².